The van der Waals surface area contributed by atoms with Crippen LogP contribution in [0.15, 0.2) is 34.2 Å². The third kappa shape index (κ3) is 4.10. The van der Waals surface area contributed by atoms with Gasteiger partial charge in [0.2, 0.25) is 0 Å². The Balaban J connectivity index is 1.59. The maximum Gasteiger partial charge on any atom is 0.265 e. The first-order valence-corrected chi connectivity index (χ1v) is 8.60. The fourth-order valence-electron chi connectivity index (χ4n) is 2.98. The lowest BCUT2D eigenvalue weighted by Gasteiger charge is -2.45. The molecule has 2 N–H and O–H groups in total. The van der Waals surface area contributed by atoms with Gasteiger partial charge < -0.3 is 10.5 Å². The predicted octanol–water partition coefficient (Wildman–Crippen LogP) is 2.01. The monoisotopic (exact) mass is 337 g/mol. The summed E-state index contributed by atoms with van der Waals surface area (Å²) in [5.41, 5.74) is 5.83. The molecule has 124 valence electrons. The summed E-state index contributed by atoms with van der Waals surface area (Å²) in [6.07, 6.45) is 2.74. The van der Waals surface area contributed by atoms with E-state index in [4.69, 9.17) is 10.5 Å². The van der Waals surface area contributed by atoms with Crippen LogP contribution in [0.2, 0.25) is 0 Å². The Morgan fingerprint density at radius 3 is 2.78 bits per heavy atom. The molecule has 0 unspecified atom stereocenters. The van der Waals surface area contributed by atoms with Crippen molar-refractivity contribution in [3.05, 3.63) is 30.1 Å². The molecule has 1 atom stereocenters. The van der Waals surface area contributed by atoms with Crippen molar-refractivity contribution >= 4 is 22.8 Å². The summed E-state index contributed by atoms with van der Waals surface area (Å²) in [6, 6.07) is 6.30. The van der Waals surface area contributed by atoms with Crippen molar-refractivity contribution in [1.82, 2.24) is 4.90 Å². The van der Waals surface area contributed by atoms with Crippen molar-refractivity contribution in [1.29, 1.82) is 0 Å². The number of hydrogen-bond donors (Lipinski definition) is 1. The first-order chi connectivity index (χ1) is 11.1. The third-order valence-corrected chi connectivity index (χ3v) is 5.03. The molecule has 1 aromatic carbocycles. The topological polar surface area (TPSA) is 67.9 Å². The van der Waals surface area contributed by atoms with Crippen molar-refractivity contribution in [2.45, 2.75) is 36.2 Å². The summed E-state index contributed by atoms with van der Waals surface area (Å²) in [5.74, 6) is -0.539. The van der Waals surface area contributed by atoms with Gasteiger partial charge in [-0.1, -0.05) is 17.8 Å². The second kappa shape index (κ2) is 7.42. The van der Waals surface area contributed by atoms with E-state index in [0.717, 1.165) is 50.8 Å². The van der Waals surface area contributed by atoms with Crippen LogP contribution in [0, 0.1) is 5.82 Å². The molecule has 2 aliphatic rings. The summed E-state index contributed by atoms with van der Waals surface area (Å²) in [6.45, 7) is 2.43. The highest BCUT2D eigenvalue weighted by Crippen LogP contribution is 2.27. The maximum atomic E-state index is 13.2. The zero-order valence-electron chi connectivity index (χ0n) is 12.8. The van der Waals surface area contributed by atoms with Crippen LogP contribution in [-0.2, 0) is 9.53 Å². The number of hydrogen-bond acceptors (Lipinski definition) is 4. The Kier molecular flexibility index (Phi) is 5.30. The number of carbonyl (C=O) groups excluding carboxylic acids is 1. The second-order valence-corrected chi connectivity index (χ2v) is 6.83. The van der Waals surface area contributed by atoms with Crippen LogP contribution >= 0.6 is 11.8 Å². The molecule has 1 amide bonds. The smallest absolute Gasteiger partial charge is 0.265 e. The van der Waals surface area contributed by atoms with Crippen molar-refractivity contribution in [2.75, 3.05) is 19.8 Å². The summed E-state index contributed by atoms with van der Waals surface area (Å²) < 4.78 is 18.5. The van der Waals surface area contributed by atoms with Gasteiger partial charge in [-0.3, -0.25) is 9.69 Å². The molecule has 5 nitrogen and oxygen atoms in total. The standard InChI is InChI=1S/C16H20FN3O2S/c17-11-2-1-3-13(10-11)23-16(18)19-15(21)14-4-7-20(14)12-5-8-22-9-6-12/h1-3,10,12,14H,4-9H2,(H2,18,19,21)/t14-/m0/s1. The van der Waals surface area contributed by atoms with Crippen molar-refractivity contribution in [3.8, 4) is 0 Å². The van der Waals surface area contributed by atoms with Gasteiger partial charge in [-0.2, -0.15) is 4.99 Å². The zero-order chi connectivity index (χ0) is 16.2. The van der Waals surface area contributed by atoms with E-state index in [0.29, 0.717) is 10.9 Å². The van der Waals surface area contributed by atoms with Crippen molar-refractivity contribution in [2.24, 2.45) is 10.7 Å². The van der Waals surface area contributed by atoms with Crippen molar-refractivity contribution < 1.29 is 13.9 Å². The number of rotatable bonds is 3. The number of amidine groups is 1. The number of nitrogens with two attached hydrogens (primary N) is 1. The molecule has 0 aromatic heterocycles. The summed E-state index contributed by atoms with van der Waals surface area (Å²) in [4.78, 5) is 19.1. The third-order valence-electron chi connectivity index (χ3n) is 4.24. The molecule has 2 heterocycles. The van der Waals surface area contributed by atoms with Crippen LogP contribution in [0.1, 0.15) is 19.3 Å². The molecule has 2 saturated heterocycles. The molecular weight excluding hydrogens is 317 g/mol. The van der Waals surface area contributed by atoms with Crippen molar-refractivity contribution in [3.63, 3.8) is 0 Å². The van der Waals surface area contributed by atoms with Gasteiger partial charge in [0.1, 0.15) is 5.82 Å². The molecule has 0 aliphatic carbocycles. The Hall–Kier alpha value is -1.44. The van der Waals surface area contributed by atoms with Crippen LogP contribution < -0.4 is 5.73 Å². The Morgan fingerprint density at radius 2 is 2.13 bits per heavy atom. The van der Waals surface area contributed by atoms with Crippen LogP contribution in [0.5, 0.6) is 0 Å². The fraction of sp³-hybridized carbons (Fsp3) is 0.500. The number of amides is 1. The molecule has 23 heavy (non-hydrogen) atoms. The van der Waals surface area contributed by atoms with E-state index in [-0.39, 0.29) is 22.9 Å². The molecule has 0 saturated carbocycles. The van der Waals surface area contributed by atoms with Gasteiger partial charge >= 0.3 is 0 Å². The minimum absolute atomic E-state index is 0.152. The number of likely N-dealkylation sites (tertiary alicyclic amines) is 1. The highest BCUT2D eigenvalue weighted by Gasteiger charge is 2.39. The number of ether oxygens (including phenoxy) is 1. The molecular formula is C16H20FN3O2S. The summed E-state index contributed by atoms with van der Waals surface area (Å²) in [7, 11) is 0. The lowest BCUT2D eigenvalue weighted by atomic mass is 9.95. The van der Waals surface area contributed by atoms with Crippen LogP contribution in [-0.4, -0.2) is 47.8 Å². The zero-order valence-corrected chi connectivity index (χ0v) is 13.6. The second-order valence-electron chi connectivity index (χ2n) is 5.73. The fourth-order valence-corrected chi connectivity index (χ4v) is 3.68. The largest absolute Gasteiger partial charge is 0.381 e. The summed E-state index contributed by atoms with van der Waals surface area (Å²) >= 11 is 1.10. The molecule has 2 fully saturated rings. The van der Waals surface area contributed by atoms with E-state index in [1.54, 1.807) is 12.1 Å². The Labute approximate surface area is 139 Å². The Morgan fingerprint density at radius 1 is 1.35 bits per heavy atom. The number of benzene rings is 1. The average molecular weight is 337 g/mol. The molecule has 1 aromatic rings. The van der Waals surface area contributed by atoms with E-state index in [2.05, 4.69) is 9.89 Å². The van der Waals surface area contributed by atoms with Gasteiger partial charge in [0.05, 0.1) is 6.04 Å². The van der Waals surface area contributed by atoms with Gasteiger partial charge in [0, 0.05) is 30.7 Å². The SMILES string of the molecule is NC(=NC(=O)[C@@H]1CCN1C1CCOCC1)Sc1cccc(F)c1. The highest BCUT2D eigenvalue weighted by molar-refractivity contribution is 8.13. The van der Waals surface area contributed by atoms with Gasteiger partial charge in [-0.05, 0) is 37.5 Å². The molecule has 0 bridgehead atoms. The molecule has 2 aliphatic heterocycles. The number of halogens is 1. The van der Waals surface area contributed by atoms with Gasteiger partial charge in [-0.25, -0.2) is 4.39 Å². The van der Waals surface area contributed by atoms with Crippen LogP contribution in [0.3, 0.4) is 0 Å². The number of carbonyl (C=O) groups is 1. The normalized spacial score (nSPS) is 23.5. The van der Waals surface area contributed by atoms with E-state index in [1.165, 1.54) is 12.1 Å². The minimum Gasteiger partial charge on any atom is -0.381 e. The first-order valence-electron chi connectivity index (χ1n) is 7.78. The first kappa shape index (κ1) is 16.4. The summed E-state index contributed by atoms with van der Waals surface area (Å²) in [5, 5.41) is 0.152. The van der Waals surface area contributed by atoms with Crippen LogP contribution in [0.4, 0.5) is 4.39 Å². The molecule has 0 radical (unpaired) electrons. The van der Waals surface area contributed by atoms with Gasteiger partial charge in [0.15, 0.2) is 5.17 Å². The predicted molar refractivity (Wildman–Crippen MR) is 87.8 cm³/mol. The highest BCUT2D eigenvalue weighted by atomic mass is 32.2. The lowest BCUT2D eigenvalue weighted by Crippen LogP contribution is -2.57. The van der Waals surface area contributed by atoms with E-state index < -0.39 is 0 Å². The van der Waals surface area contributed by atoms with E-state index >= 15 is 0 Å². The maximum absolute atomic E-state index is 13.2. The van der Waals surface area contributed by atoms with Gasteiger partial charge in [-0.15, -0.1) is 0 Å². The number of thioether (sulfide) groups is 1. The number of nitrogens with zero attached hydrogens (tertiary/aromatic N) is 2. The average Bonchev–Trinajstić information content (AvgIpc) is 2.46. The minimum atomic E-state index is -0.334. The quantitative estimate of drug-likeness (QED) is 0.519. The van der Waals surface area contributed by atoms with Gasteiger partial charge in [0.25, 0.3) is 5.91 Å². The van der Waals surface area contributed by atoms with Crippen LogP contribution in [0.25, 0.3) is 0 Å². The van der Waals surface area contributed by atoms with E-state index in [9.17, 15) is 9.18 Å². The number of aliphatic imine (C=N–C) groups is 1. The van der Waals surface area contributed by atoms with E-state index in [1.807, 2.05) is 0 Å². The molecule has 0 spiro atoms. The molecule has 7 heteroatoms. The molecule has 3 rings (SSSR count). The lowest BCUT2D eigenvalue weighted by molar-refractivity contribution is -0.130. The Bertz CT molecular complexity index is 605.